The molecule has 20 heavy (non-hydrogen) atoms. The molecule has 1 aliphatic carbocycles. The van der Waals surface area contributed by atoms with Gasteiger partial charge >= 0.3 is 6.18 Å². The Morgan fingerprint density at radius 2 is 2.00 bits per heavy atom. The smallest absolute Gasteiger partial charge is 0.396 e. The maximum absolute atomic E-state index is 12.8. The van der Waals surface area contributed by atoms with Crippen LogP contribution in [-0.2, 0) is 6.18 Å². The van der Waals surface area contributed by atoms with Gasteiger partial charge in [0.2, 0.25) is 5.95 Å². The molecular formula is C12H17F3N4O. The Hall–Kier alpha value is -1.57. The van der Waals surface area contributed by atoms with Crippen LogP contribution in [0.1, 0.15) is 25.5 Å². The molecule has 2 rings (SSSR count). The summed E-state index contributed by atoms with van der Waals surface area (Å²) in [5.74, 6) is 0.0571. The fraction of sp³-hybridized carbons (Fsp3) is 0.667. The lowest BCUT2D eigenvalue weighted by atomic mass is 10.1. The van der Waals surface area contributed by atoms with Gasteiger partial charge in [-0.15, -0.1) is 0 Å². The van der Waals surface area contributed by atoms with Crippen LogP contribution in [0.3, 0.4) is 0 Å². The Balaban J connectivity index is 2.16. The van der Waals surface area contributed by atoms with Crippen LogP contribution < -0.4 is 10.6 Å². The number of aliphatic hydroxyl groups excluding tert-OH is 1. The summed E-state index contributed by atoms with van der Waals surface area (Å²) in [5.41, 5.74) is -1.19. The molecule has 0 aromatic carbocycles. The van der Waals surface area contributed by atoms with Crippen LogP contribution in [0.2, 0.25) is 0 Å². The van der Waals surface area contributed by atoms with E-state index in [0.29, 0.717) is 13.1 Å². The highest BCUT2D eigenvalue weighted by Crippen LogP contribution is 2.45. The van der Waals surface area contributed by atoms with Gasteiger partial charge in [0.05, 0.1) is 6.61 Å². The molecule has 1 aromatic heterocycles. The third-order valence-corrected chi connectivity index (χ3v) is 3.29. The van der Waals surface area contributed by atoms with Crippen molar-refractivity contribution >= 4 is 11.8 Å². The Morgan fingerprint density at radius 1 is 1.30 bits per heavy atom. The van der Waals surface area contributed by atoms with E-state index in [9.17, 15) is 18.3 Å². The quantitative estimate of drug-likeness (QED) is 0.748. The van der Waals surface area contributed by atoms with Gasteiger partial charge in [0, 0.05) is 24.6 Å². The standard InChI is InChI=1S/C12H17F3N4O/c1-2-16-10-18-8(12(13,14)15)5-9(19-10)17-6-11(7-20)3-4-11/h5,20H,2-4,6-7H2,1H3,(H2,16,17,18,19). The van der Waals surface area contributed by atoms with E-state index in [1.165, 1.54) is 0 Å². The Kier molecular flexibility index (Phi) is 4.03. The summed E-state index contributed by atoms with van der Waals surface area (Å²) < 4.78 is 38.3. The van der Waals surface area contributed by atoms with Crippen molar-refractivity contribution in [3.05, 3.63) is 11.8 Å². The van der Waals surface area contributed by atoms with Gasteiger partial charge in [-0.3, -0.25) is 0 Å². The van der Waals surface area contributed by atoms with Crippen molar-refractivity contribution in [1.82, 2.24) is 9.97 Å². The predicted molar refractivity (Wildman–Crippen MR) is 68.4 cm³/mol. The molecule has 0 amide bonds. The highest BCUT2D eigenvalue weighted by atomic mass is 19.4. The lowest BCUT2D eigenvalue weighted by Crippen LogP contribution is -2.21. The van der Waals surface area contributed by atoms with E-state index < -0.39 is 11.9 Å². The van der Waals surface area contributed by atoms with Gasteiger partial charge in [0.1, 0.15) is 5.82 Å². The highest BCUT2D eigenvalue weighted by Gasteiger charge is 2.42. The van der Waals surface area contributed by atoms with E-state index in [1.807, 2.05) is 0 Å². The van der Waals surface area contributed by atoms with Crippen molar-refractivity contribution in [2.75, 3.05) is 30.3 Å². The minimum atomic E-state index is -4.52. The second-order valence-electron chi connectivity index (χ2n) is 5.00. The Bertz CT molecular complexity index is 474. The number of hydrogen-bond acceptors (Lipinski definition) is 5. The van der Waals surface area contributed by atoms with Crippen LogP contribution >= 0.6 is 0 Å². The van der Waals surface area contributed by atoms with Crippen molar-refractivity contribution in [3.8, 4) is 0 Å². The first kappa shape index (κ1) is 14.8. The fourth-order valence-corrected chi connectivity index (χ4v) is 1.77. The first-order valence-corrected chi connectivity index (χ1v) is 6.43. The molecule has 8 heteroatoms. The van der Waals surface area contributed by atoms with Crippen LogP contribution in [-0.4, -0.2) is 34.8 Å². The topological polar surface area (TPSA) is 70.1 Å². The molecule has 1 aromatic rings. The molecule has 3 N–H and O–H groups in total. The van der Waals surface area contributed by atoms with Crippen molar-refractivity contribution in [2.24, 2.45) is 5.41 Å². The third kappa shape index (κ3) is 3.50. The molecular weight excluding hydrogens is 273 g/mol. The number of alkyl halides is 3. The van der Waals surface area contributed by atoms with E-state index in [4.69, 9.17) is 0 Å². The van der Waals surface area contributed by atoms with Crippen LogP contribution in [0.5, 0.6) is 0 Å². The van der Waals surface area contributed by atoms with Crippen LogP contribution in [0, 0.1) is 5.41 Å². The summed E-state index contributed by atoms with van der Waals surface area (Å²) in [6.07, 6.45) is -2.78. The molecule has 1 fully saturated rings. The zero-order chi connectivity index (χ0) is 14.8. The number of halogens is 3. The predicted octanol–water partition coefficient (Wildman–Crippen LogP) is 2.11. The number of rotatable bonds is 6. The SMILES string of the molecule is CCNc1nc(NCC2(CO)CC2)cc(C(F)(F)F)n1. The number of aromatic nitrogens is 2. The van der Waals surface area contributed by atoms with Crippen molar-refractivity contribution in [2.45, 2.75) is 25.9 Å². The maximum Gasteiger partial charge on any atom is 0.433 e. The zero-order valence-electron chi connectivity index (χ0n) is 11.1. The molecule has 0 spiro atoms. The summed E-state index contributed by atoms with van der Waals surface area (Å²) >= 11 is 0. The number of nitrogens with one attached hydrogen (secondary N) is 2. The van der Waals surface area contributed by atoms with E-state index >= 15 is 0 Å². The molecule has 0 atom stereocenters. The molecule has 0 aliphatic heterocycles. The minimum absolute atomic E-state index is 0.0251. The lowest BCUT2D eigenvalue weighted by molar-refractivity contribution is -0.141. The van der Waals surface area contributed by atoms with Crippen molar-refractivity contribution in [1.29, 1.82) is 0 Å². The third-order valence-electron chi connectivity index (χ3n) is 3.29. The first-order chi connectivity index (χ1) is 9.38. The van der Waals surface area contributed by atoms with E-state index in [1.54, 1.807) is 6.92 Å². The monoisotopic (exact) mass is 290 g/mol. The maximum atomic E-state index is 12.8. The van der Waals surface area contributed by atoms with Gasteiger partial charge in [-0.2, -0.15) is 18.2 Å². The molecule has 1 aliphatic rings. The lowest BCUT2D eigenvalue weighted by Gasteiger charge is -2.15. The fourth-order valence-electron chi connectivity index (χ4n) is 1.77. The molecule has 0 bridgehead atoms. The normalized spacial score (nSPS) is 16.9. The molecule has 0 unspecified atom stereocenters. The average Bonchev–Trinajstić information content (AvgIpc) is 3.16. The first-order valence-electron chi connectivity index (χ1n) is 6.43. The van der Waals surface area contributed by atoms with Gasteiger partial charge in [0.25, 0.3) is 0 Å². The summed E-state index contributed by atoms with van der Waals surface area (Å²) in [5, 5.41) is 14.7. The second-order valence-corrected chi connectivity index (χ2v) is 5.00. The number of hydrogen-bond donors (Lipinski definition) is 3. The van der Waals surface area contributed by atoms with E-state index in [0.717, 1.165) is 18.9 Å². The minimum Gasteiger partial charge on any atom is -0.396 e. The molecule has 112 valence electrons. The molecule has 0 radical (unpaired) electrons. The summed E-state index contributed by atoms with van der Waals surface area (Å²) in [4.78, 5) is 7.42. The average molecular weight is 290 g/mol. The molecule has 1 saturated carbocycles. The number of anilines is 2. The van der Waals surface area contributed by atoms with Crippen LogP contribution in [0.4, 0.5) is 24.9 Å². The van der Waals surface area contributed by atoms with Gasteiger partial charge in [-0.05, 0) is 19.8 Å². The van der Waals surface area contributed by atoms with Gasteiger partial charge in [-0.1, -0.05) is 0 Å². The molecule has 5 nitrogen and oxygen atoms in total. The van der Waals surface area contributed by atoms with Crippen LogP contribution in [0.15, 0.2) is 6.07 Å². The van der Waals surface area contributed by atoms with Gasteiger partial charge < -0.3 is 15.7 Å². The highest BCUT2D eigenvalue weighted by molar-refractivity contribution is 5.43. The summed E-state index contributed by atoms with van der Waals surface area (Å²) in [6, 6.07) is 0.883. The van der Waals surface area contributed by atoms with E-state index in [-0.39, 0.29) is 23.8 Å². The number of nitrogens with zero attached hydrogens (tertiary/aromatic N) is 2. The molecule has 0 saturated heterocycles. The van der Waals surface area contributed by atoms with Crippen molar-refractivity contribution in [3.63, 3.8) is 0 Å². The van der Waals surface area contributed by atoms with E-state index in [2.05, 4.69) is 20.6 Å². The molecule has 1 heterocycles. The summed E-state index contributed by atoms with van der Waals surface area (Å²) in [6.45, 7) is 2.61. The van der Waals surface area contributed by atoms with Gasteiger partial charge in [0.15, 0.2) is 5.69 Å². The number of aliphatic hydroxyl groups is 1. The van der Waals surface area contributed by atoms with Crippen molar-refractivity contribution < 1.29 is 18.3 Å². The van der Waals surface area contributed by atoms with Crippen LogP contribution in [0.25, 0.3) is 0 Å². The second kappa shape index (κ2) is 5.43. The Labute approximate surface area is 114 Å². The largest absolute Gasteiger partial charge is 0.433 e. The zero-order valence-corrected chi connectivity index (χ0v) is 11.1. The van der Waals surface area contributed by atoms with Gasteiger partial charge in [-0.25, -0.2) is 4.98 Å². The summed E-state index contributed by atoms with van der Waals surface area (Å²) in [7, 11) is 0. The Morgan fingerprint density at radius 3 is 2.50 bits per heavy atom.